The number of hydrogen-bond donors (Lipinski definition) is 1. The molecule has 0 aliphatic carbocycles. The molecule has 0 saturated heterocycles. The molecule has 1 aromatic carbocycles. The van der Waals surface area contributed by atoms with Crippen LogP contribution in [-0.4, -0.2) is 18.6 Å². The summed E-state index contributed by atoms with van der Waals surface area (Å²) in [6.45, 7) is 7.13. The summed E-state index contributed by atoms with van der Waals surface area (Å²) in [6, 6.07) is 9.97. The van der Waals surface area contributed by atoms with Crippen molar-refractivity contribution in [1.29, 1.82) is 0 Å². The number of nitrogens with one attached hydrogen (secondary N) is 1. The zero-order chi connectivity index (χ0) is 15.5. The first-order valence-corrected chi connectivity index (χ1v) is 8.05. The van der Waals surface area contributed by atoms with Crippen molar-refractivity contribution in [1.82, 2.24) is 5.32 Å². The van der Waals surface area contributed by atoms with E-state index >= 15 is 0 Å². The van der Waals surface area contributed by atoms with E-state index in [9.17, 15) is 4.79 Å². The van der Waals surface area contributed by atoms with Crippen molar-refractivity contribution >= 4 is 5.91 Å². The Hall–Kier alpha value is -1.51. The molecule has 0 saturated carbocycles. The van der Waals surface area contributed by atoms with Crippen LogP contribution in [0.1, 0.15) is 52.9 Å². The van der Waals surface area contributed by atoms with Crippen LogP contribution in [0.5, 0.6) is 5.75 Å². The fourth-order valence-corrected chi connectivity index (χ4v) is 2.19. The number of hydrogen-bond acceptors (Lipinski definition) is 2. The summed E-state index contributed by atoms with van der Waals surface area (Å²) in [6.07, 6.45) is 4.74. The molecule has 0 bridgehead atoms. The van der Waals surface area contributed by atoms with Gasteiger partial charge < -0.3 is 10.1 Å². The second-order valence-electron chi connectivity index (χ2n) is 6.06. The Bertz CT molecular complexity index is 389. The number of ether oxygens (including phenoxy) is 1. The number of para-hydroxylation sites is 1. The lowest BCUT2D eigenvalue weighted by molar-refractivity contribution is -0.121. The van der Waals surface area contributed by atoms with Crippen molar-refractivity contribution in [2.45, 2.75) is 58.9 Å². The summed E-state index contributed by atoms with van der Waals surface area (Å²) in [7, 11) is 0. The molecule has 0 aromatic heterocycles. The van der Waals surface area contributed by atoms with Gasteiger partial charge in [0, 0.05) is 12.5 Å². The minimum atomic E-state index is 0.128. The van der Waals surface area contributed by atoms with E-state index in [2.05, 4.69) is 26.1 Å². The lowest BCUT2D eigenvalue weighted by Gasteiger charge is -2.14. The predicted octanol–water partition coefficient (Wildman–Crippen LogP) is 4.18. The topological polar surface area (TPSA) is 38.3 Å². The van der Waals surface area contributed by atoms with E-state index < -0.39 is 0 Å². The van der Waals surface area contributed by atoms with Crippen molar-refractivity contribution in [3.05, 3.63) is 30.3 Å². The first-order chi connectivity index (χ1) is 10.1. The van der Waals surface area contributed by atoms with Crippen LogP contribution in [0.25, 0.3) is 0 Å². The largest absolute Gasteiger partial charge is 0.494 e. The Morgan fingerprint density at radius 2 is 1.81 bits per heavy atom. The summed E-state index contributed by atoms with van der Waals surface area (Å²) in [5.74, 6) is 1.73. The van der Waals surface area contributed by atoms with Crippen molar-refractivity contribution in [3.8, 4) is 5.75 Å². The number of carbonyl (C=O) groups excluding carboxylic acids is 1. The van der Waals surface area contributed by atoms with Crippen molar-refractivity contribution in [2.75, 3.05) is 6.61 Å². The Morgan fingerprint density at radius 3 is 2.48 bits per heavy atom. The Labute approximate surface area is 129 Å². The van der Waals surface area contributed by atoms with E-state index in [0.29, 0.717) is 13.0 Å². The van der Waals surface area contributed by atoms with E-state index in [4.69, 9.17) is 4.74 Å². The average Bonchev–Trinajstić information content (AvgIpc) is 2.44. The molecule has 3 heteroatoms. The van der Waals surface area contributed by atoms with E-state index in [0.717, 1.165) is 24.5 Å². The standard InChI is InChI=1S/C18H29NO2/c1-15(2)9-7-10-16(3)19-18(20)13-8-14-21-17-11-5-4-6-12-17/h4-6,11-12,15-16H,7-10,13-14H2,1-3H3,(H,19,20)/t16-/m0/s1. The van der Waals surface area contributed by atoms with Gasteiger partial charge in [-0.15, -0.1) is 0 Å². The highest BCUT2D eigenvalue weighted by Gasteiger charge is 2.07. The molecule has 1 rings (SSSR count). The second-order valence-corrected chi connectivity index (χ2v) is 6.06. The minimum Gasteiger partial charge on any atom is -0.494 e. The maximum Gasteiger partial charge on any atom is 0.220 e. The van der Waals surface area contributed by atoms with Gasteiger partial charge in [0.2, 0.25) is 5.91 Å². The number of carbonyl (C=O) groups is 1. The lowest BCUT2D eigenvalue weighted by Crippen LogP contribution is -2.32. The van der Waals surface area contributed by atoms with Gasteiger partial charge in [0.1, 0.15) is 5.75 Å². The molecular formula is C18H29NO2. The highest BCUT2D eigenvalue weighted by molar-refractivity contribution is 5.76. The molecule has 1 N–H and O–H groups in total. The SMILES string of the molecule is CC(C)CCC[C@H](C)NC(=O)CCCOc1ccccc1. The van der Waals surface area contributed by atoms with Gasteiger partial charge in [0.15, 0.2) is 0 Å². The van der Waals surface area contributed by atoms with Gasteiger partial charge in [-0.1, -0.05) is 44.9 Å². The van der Waals surface area contributed by atoms with Crippen LogP contribution in [-0.2, 0) is 4.79 Å². The third-order valence-electron chi connectivity index (χ3n) is 3.39. The Balaban J connectivity index is 2.05. The van der Waals surface area contributed by atoms with Gasteiger partial charge in [0.25, 0.3) is 0 Å². The minimum absolute atomic E-state index is 0.128. The maximum atomic E-state index is 11.8. The Kier molecular flexibility index (Phi) is 8.56. The fourth-order valence-electron chi connectivity index (χ4n) is 2.19. The lowest BCUT2D eigenvalue weighted by atomic mass is 10.0. The van der Waals surface area contributed by atoms with Gasteiger partial charge in [-0.2, -0.15) is 0 Å². The Morgan fingerprint density at radius 1 is 1.10 bits per heavy atom. The van der Waals surface area contributed by atoms with Crippen LogP contribution in [0.3, 0.4) is 0 Å². The summed E-state index contributed by atoms with van der Waals surface area (Å²) >= 11 is 0. The highest BCUT2D eigenvalue weighted by Crippen LogP contribution is 2.10. The summed E-state index contributed by atoms with van der Waals surface area (Å²) in [5, 5.41) is 3.06. The normalized spacial score (nSPS) is 12.2. The monoisotopic (exact) mass is 291 g/mol. The molecule has 118 valence electrons. The molecule has 0 radical (unpaired) electrons. The van der Waals surface area contributed by atoms with E-state index in [1.807, 2.05) is 30.3 Å². The zero-order valence-electron chi connectivity index (χ0n) is 13.6. The van der Waals surface area contributed by atoms with Crippen LogP contribution in [0, 0.1) is 5.92 Å². The fraction of sp³-hybridized carbons (Fsp3) is 0.611. The van der Waals surface area contributed by atoms with Crippen LogP contribution >= 0.6 is 0 Å². The van der Waals surface area contributed by atoms with Crippen molar-refractivity contribution in [3.63, 3.8) is 0 Å². The van der Waals surface area contributed by atoms with Crippen molar-refractivity contribution < 1.29 is 9.53 Å². The number of amides is 1. The highest BCUT2D eigenvalue weighted by atomic mass is 16.5. The van der Waals surface area contributed by atoms with Gasteiger partial charge in [-0.05, 0) is 37.8 Å². The summed E-state index contributed by atoms with van der Waals surface area (Å²) in [4.78, 5) is 11.8. The van der Waals surface area contributed by atoms with Crippen LogP contribution in [0.4, 0.5) is 0 Å². The third kappa shape index (κ3) is 9.11. The molecule has 0 aliphatic rings. The molecule has 1 atom stereocenters. The van der Waals surface area contributed by atoms with E-state index in [1.165, 1.54) is 12.8 Å². The van der Waals surface area contributed by atoms with E-state index in [-0.39, 0.29) is 11.9 Å². The van der Waals surface area contributed by atoms with Gasteiger partial charge in [-0.3, -0.25) is 4.79 Å². The number of benzene rings is 1. The molecule has 1 amide bonds. The van der Waals surface area contributed by atoms with Crippen LogP contribution in [0.2, 0.25) is 0 Å². The smallest absolute Gasteiger partial charge is 0.220 e. The predicted molar refractivity (Wildman–Crippen MR) is 87.5 cm³/mol. The van der Waals surface area contributed by atoms with Crippen LogP contribution < -0.4 is 10.1 Å². The van der Waals surface area contributed by atoms with Gasteiger partial charge in [0.05, 0.1) is 6.61 Å². The van der Waals surface area contributed by atoms with Gasteiger partial charge >= 0.3 is 0 Å². The van der Waals surface area contributed by atoms with Crippen molar-refractivity contribution in [2.24, 2.45) is 5.92 Å². The number of rotatable bonds is 10. The molecular weight excluding hydrogens is 262 g/mol. The van der Waals surface area contributed by atoms with E-state index in [1.54, 1.807) is 0 Å². The summed E-state index contributed by atoms with van der Waals surface area (Å²) < 4.78 is 5.57. The quantitative estimate of drug-likeness (QED) is 0.657. The molecule has 21 heavy (non-hydrogen) atoms. The third-order valence-corrected chi connectivity index (χ3v) is 3.39. The zero-order valence-corrected chi connectivity index (χ0v) is 13.6. The van der Waals surface area contributed by atoms with Gasteiger partial charge in [-0.25, -0.2) is 0 Å². The first kappa shape index (κ1) is 17.5. The molecule has 0 spiro atoms. The average molecular weight is 291 g/mol. The molecule has 0 aliphatic heterocycles. The van der Waals surface area contributed by atoms with Crippen LogP contribution in [0.15, 0.2) is 30.3 Å². The summed E-state index contributed by atoms with van der Waals surface area (Å²) in [5.41, 5.74) is 0. The molecule has 0 fully saturated rings. The molecule has 0 heterocycles. The maximum absolute atomic E-state index is 11.8. The second kappa shape index (κ2) is 10.3. The first-order valence-electron chi connectivity index (χ1n) is 8.05. The molecule has 3 nitrogen and oxygen atoms in total. The molecule has 1 aromatic rings. The molecule has 0 unspecified atom stereocenters.